The second-order valence-electron chi connectivity index (χ2n) is 4.97. The van der Waals surface area contributed by atoms with Crippen LogP contribution in [-0.4, -0.2) is 29.8 Å². The number of imidazole rings is 1. The molecular formula is C16H25N3O. The van der Waals surface area contributed by atoms with Crippen molar-refractivity contribution in [1.29, 1.82) is 0 Å². The number of nitrogens with one attached hydrogen (secondary N) is 1. The lowest BCUT2D eigenvalue weighted by molar-refractivity contribution is 0.340. The molecule has 1 aromatic heterocycles. The predicted molar refractivity (Wildman–Crippen MR) is 83.4 cm³/mol. The fourth-order valence-electron chi connectivity index (χ4n) is 2.41. The number of nitrogens with zero attached hydrogens (tertiary/aromatic N) is 2. The van der Waals surface area contributed by atoms with Crippen LogP contribution >= 0.6 is 0 Å². The first kappa shape index (κ1) is 14.9. The van der Waals surface area contributed by atoms with Crippen LogP contribution in [0.2, 0.25) is 0 Å². The van der Waals surface area contributed by atoms with Crippen molar-refractivity contribution in [2.45, 2.75) is 39.7 Å². The van der Waals surface area contributed by atoms with Crippen LogP contribution in [0, 0.1) is 0 Å². The molecule has 0 saturated heterocycles. The molecule has 0 aliphatic carbocycles. The smallest absolute Gasteiger partial charge is 0.121 e. The number of benzene rings is 1. The Morgan fingerprint density at radius 3 is 2.85 bits per heavy atom. The van der Waals surface area contributed by atoms with Crippen LogP contribution in [0.25, 0.3) is 11.0 Å². The molecule has 1 aromatic carbocycles. The monoisotopic (exact) mass is 275 g/mol. The van der Waals surface area contributed by atoms with Gasteiger partial charge in [-0.2, -0.15) is 0 Å². The summed E-state index contributed by atoms with van der Waals surface area (Å²) in [5, 5.41) is 3.20. The minimum Gasteiger partial charge on any atom is -0.494 e. The van der Waals surface area contributed by atoms with Gasteiger partial charge in [-0.3, -0.25) is 0 Å². The maximum Gasteiger partial charge on any atom is 0.121 e. The van der Waals surface area contributed by atoms with Crippen molar-refractivity contribution < 1.29 is 4.74 Å². The minimum absolute atomic E-state index is 0.689. The van der Waals surface area contributed by atoms with Crippen LogP contribution in [0.4, 0.5) is 0 Å². The average molecular weight is 275 g/mol. The number of unbranched alkanes of at least 4 members (excludes halogenated alkanes) is 1. The van der Waals surface area contributed by atoms with Crippen molar-refractivity contribution in [3.05, 3.63) is 24.0 Å². The Balaban J connectivity index is 2.36. The van der Waals surface area contributed by atoms with Gasteiger partial charge in [-0.1, -0.05) is 13.3 Å². The zero-order valence-corrected chi connectivity index (χ0v) is 12.8. The van der Waals surface area contributed by atoms with Crippen LogP contribution in [0.5, 0.6) is 5.75 Å². The van der Waals surface area contributed by atoms with E-state index < -0.39 is 0 Å². The SMILES string of the molecule is CCCCn1c(CCNC)nc2cc(OCC)ccc21. The molecule has 20 heavy (non-hydrogen) atoms. The van der Waals surface area contributed by atoms with Crippen molar-refractivity contribution >= 4 is 11.0 Å². The largest absolute Gasteiger partial charge is 0.494 e. The van der Waals surface area contributed by atoms with E-state index in [1.165, 1.54) is 18.4 Å². The van der Waals surface area contributed by atoms with Gasteiger partial charge in [0.25, 0.3) is 0 Å². The number of aromatic nitrogens is 2. The molecule has 4 nitrogen and oxygen atoms in total. The van der Waals surface area contributed by atoms with Crippen LogP contribution < -0.4 is 10.1 Å². The van der Waals surface area contributed by atoms with E-state index in [1.54, 1.807) is 0 Å². The quantitative estimate of drug-likeness (QED) is 0.805. The second-order valence-corrected chi connectivity index (χ2v) is 4.97. The summed E-state index contributed by atoms with van der Waals surface area (Å²) in [5.74, 6) is 2.07. The van der Waals surface area contributed by atoms with Crippen molar-refractivity contribution in [2.75, 3.05) is 20.2 Å². The van der Waals surface area contributed by atoms with E-state index >= 15 is 0 Å². The van der Waals surface area contributed by atoms with Gasteiger partial charge in [0.2, 0.25) is 0 Å². The normalized spacial score (nSPS) is 11.2. The van der Waals surface area contributed by atoms with Crippen LogP contribution in [0.3, 0.4) is 0 Å². The van der Waals surface area contributed by atoms with Crippen molar-refractivity contribution in [3.8, 4) is 5.75 Å². The Labute approximate surface area is 121 Å². The molecule has 110 valence electrons. The third kappa shape index (κ3) is 3.31. The fraction of sp³-hybridized carbons (Fsp3) is 0.562. The molecule has 0 aliphatic heterocycles. The van der Waals surface area contributed by atoms with Gasteiger partial charge in [0.15, 0.2) is 0 Å². The van der Waals surface area contributed by atoms with Crippen molar-refractivity contribution in [1.82, 2.24) is 14.9 Å². The van der Waals surface area contributed by atoms with Crippen molar-refractivity contribution in [3.63, 3.8) is 0 Å². The maximum absolute atomic E-state index is 5.56. The highest BCUT2D eigenvalue weighted by molar-refractivity contribution is 5.77. The standard InChI is InChI=1S/C16H25N3O/c1-4-6-11-19-15-8-7-13(20-5-2)12-14(15)18-16(19)9-10-17-3/h7-8,12,17H,4-6,9-11H2,1-3H3. The van der Waals surface area contributed by atoms with Crippen LogP contribution in [0.1, 0.15) is 32.5 Å². The van der Waals surface area contributed by atoms with E-state index in [9.17, 15) is 0 Å². The van der Waals surface area contributed by atoms with Gasteiger partial charge in [-0.05, 0) is 32.5 Å². The molecule has 4 heteroatoms. The highest BCUT2D eigenvalue weighted by atomic mass is 16.5. The number of fused-ring (bicyclic) bond motifs is 1. The van der Waals surface area contributed by atoms with Gasteiger partial charge in [0.05, 0.1) is 17.6 Å². The summed E-state index contributed by atoms with van der Waals surface area (Å²) >= 11 is 0. The van der Waals surface area contributed by atoms with E-state index in [0.717, 1.165) is 36.6 Å². The number of hydrogen-bond donors (Lipinski definition) is 1. The molecule has 1 N–H and O–H groups in total. The number of aryl methyl sites for hydroxylation is 1. The molecule has 0 unspecified atom stereocenters. The summed E-state index contributed by atoms with van der Waals surface area (Å²) < 4.78 is 7.92. The van der Waals surface area contributed by atoms with Crippen LogP contribution in [-0.2, 0) is 13.0 Å². The highest BCUT2D eigenvalue weighted by Gasteiger charge is 2.10. The Morgan fingerprint density at radius 2 is 2.15 bits per heavy atom. The Hall–Kier alpha value is -1.55. The molecular weight excluding hydrogens is 250 g/mol. The molecule has 0 atom stereocenters. The summed E-state index contributed by atoms with van der Waals surface area (Å²) in [5.41, 5.74) is 2.26. The molecule has 0 radical (unpaired) electrons. The summed E-state index contributed by atoms with van der Waals surface area (Å²) in [6.45, 7) is 6.91. The first-order valence-electron chi connectivity index (χ1n) is 7.56. The number of likely N-dealkylation sites (N-methyl/N-ethyl adjacent to an activating group) is 1. The Morgan fingerprint density at radius 1 is 1.30 bits per heavy atom. The van der Waals surface area contributed by atoms with Gasteiger partial charge in [-0.25, -0.2) is 4.98 Å². The Bertz CT molecular complexity index is 548. The van der Waals surface area contributed by atoms with E-state index in [2.05, 4.69) is 22.9 Å². The average Bonchev–Trinajstić information content (AvgIpc) is 2.80. The number of ether oxygens (including phenoxy) is 1. The first-order valence-corrected chi connectivity index (χ1v) is 7.56. The van der Waals surface area contributed by atoms with E-state index in [4.69, 9.17) is 9.72 Å². The molecule has 0 amide bonds. The minimum atomic E-state index is 0.689. The molecule has 2 rings (SSSR count). The predicted octanol–water partition coefficient (Wildman–Crippen LogP) is 3.00. The van der Waals surface area contributed by atoms with Gasteiger partial charge in [0, 0.05) is 25.6 Å². The van der Waals surface area contributed by atoms with Gasteiger partial charge < -0.3 is 14.6 Å². The van der Waals surface area contributed by atoms with E-state index in [0.29, 0.717) is 6.61 Å². The topological polar surface area (TPSA) is 39.1 Å². The van der Waals surface area contributed by atoms with Gasteiger partial charge >= 0.3 is 0 Å². The molecule has 2 aromatic rings. The molecule has 0 bridgehead atoms. The lowest BCUT2D eigenvalue weighted by atomic mass is 10.2. The maximum atomic E-state index is 5.56. The second kappa shape index (κ2) is 7.29. The molecule has 0 saturated carbocycles. The first-order chi connectivity index (χ1) is 9.80. The molecule has 1 heterocycles. The van der Waals surface area contributed by atoms with Gasteiger partial charge in [-0.15, -0.1) is 0 Å². The number of rotatable bonds is 8. The zero-order valence-electron chi connectivity index (χ0n) is 12.8. The summed E-state index contributed by atoms with van der Waals surface area (Å²) in [7, 11) is 1.98. The fourth-order valence-corrected chi connectivity index (χ4v) is 2.41. The zero-order chi connectivity index (χ0) is 14.4. The molecule has 0 aliphatic rings. The lowest BCUT2D eigenvalue weighted by Crippen LogP contribution is -2.14. The summed E-state index contributed by atoms with van der Waals surface area (Å²) in [6.07, 6.45) is 3.34. The van der Waals surface area contributed by atoms with Crippen LogP contribution in [0.15, 0.2) is 18.2 Å². The highest BCUT2D eigenvalue weighted by Crippen LogP contribution is 2.23. The van der Waals surface area contributed by atoms with E-state index in [-0.39, 0.29) is 0 Å². The molecule has 0 fully saturated rings. The third-order valence-electron chi connectivity index (χ3n) is 3.44. The third-order valence-corrected chi connectivity index (χ3v) is 3.44. The Kier molecular flexibility index (Phi) is 5.41. The summed E-state index contributed by atoms with van der Waals surface area (Å²) in [4.78, 5) is 4.79. The lowest BCUT2D eigenvalue weighted by Gasteiger charge is -2.08. The summed E-state index contributed by atoms with van der Waals surface area (Å²) in [6, 6.07) is 6.22. The van der Waals surface area contributed by atoms with Gasteiger partial charge in [0.1, 0.15) is 11.6 Å². The van der Waals surface area contributed by atoms with Crippen molar-refractivity contribution in [2.24, 2.45) is 0 Å². The number of hydrogen-bond acceptors (Lipinski definition) is 3. The van der Waals surface area contributed by atoms with E-state index in [1.807, 2.05) is 26.1 Å². The molecule has 0 spiro atoms.